The number of ether oxygens (including phenoxy) is 2. The fourth-order valence-corrected chi connectivity index (χ4v) is 4.88. The van der Waals surface area contributed by atoms with Crippen molar-refractivity contribution in [3.05, 3.63) is 23.9 Å². The summed E-state index contributed by atoms with van der Waals surface area (Å²) >= 11 is 0. The van der Waals surface area contributed by atoms with Crippen molar-refractivity contribution in [1.82, 2.24) is 20.5 Å². The maximum Gasteiger partial charge on any atom is 0.213 e. The van der Waals surface area contributed by atoms with Gasteiger partial charge in [-0.2, -0.15) is 0 Å². The Balaban J connectivity index is 1.65. The summed E-state index contributed by atoms with van der Waals surface area (Å²) in [7, 11) is 0. The average Bonchev–Trinajstić information content (AvgIpc) is 2.83. The van der Waals surface area contributed by atoms with Gasteiger partial charge >= 0.3 is 0 Å². The van der Waals surface area contributed by atoms with E-state index in [1.54, 1.807) is 0 Å². The molecule has 2 heterocycles. The quantitative estimate of drug-likeness (QED) is 0.242. The number of piperidine rings is 1. The van der Waals surface area contributed by atoms with Crippen molar-refractivity contribution in [2.45, 2.75) is 137 Å². The number of hydrogen-bond donors (Lipinski definition) is 2. The molecule has 1 fully saturated rings. The van der Waals surface area contributed by atoms with Gasteiger partial charge in [-0.05, 0) is 103 Å². The van der Waals surface area contributed by atoms with E-state index in [0.717, 1.165) is 52.0 Å². The van der Waals surface area contributed by atoms with Crippen LogP contribution in [0.25, 0.3) is 0 Å². The lowest BCUT2D eigenvalue weighted by molar-refractivity contribution is 0.00547. The van der Waals surface area contributed by atoms with E-state index in [-0.39, 0.29) is 22.6 Å². The Hall–Kier alpha value is -1.21. The number of pyridine rings is 1. The normalized spacial score (nSPS) is 17.4. The SMILES string of the molecule is C[C@@H](CNC(C)(C)CCC(C)(C)CCN1CCC(OCCNC(C)(C)C)CC1)Oc1cc(C(C)(C)C)ccn1. The molecule has 2 rings (SSSR count). The third kappa shape index (κ3) is 14.3. The molecule has 0 spiro atoms. The van der Waals surface area contributed by atoms with Crippen LogP contribution >= 0.6 is 0 Å². The van der Waals surface area contributed by atoms with Crippen LogP contribution in [0.5, 0.6) is 5.88 Å². The molecule has 1 aliphatic heterocycles. The Morgan fingerprint density at radius 1 is 0.949 bits per heavy atom. The number of likely N-dealkylation sites (tertiary alicyclic amines) is 1. The van der Waals surface area contributed by atoms with Gasteiger partial charge in [0.25, 0.3) is 0 Å². The average molecular weight is 547 g/mol. The lowest BCUT2D eigenvalue weighted by atomic mass is 9.80. The highest BCUT2D eigenvalue weighted by atomic mass is 16.5. The molecule has 1 aromatic heterocycles. The largest absolute Gasteiger partial charge is 0.473 e. The van der Waals surface area contributed by atoms with Crippen molar-refractivity contribution in [3.8, 4) is 5.88 Å². The number of hydrogen-bond acceptors (Lipinski definition) is 6. The van der Waals surface area contributed by atoms with Gasteiger partial charge < -0.3 is 25.0 Å². The predicted octanol–water partition coefficient (Wildman–Crippen LogP) is 6.58. The molecule has 6 heteroatoms. The number of nitrogens with zero attached hydrogens (tertiary/aromatic N) is 2. The first-order valence-electron chi connectivity index (χ1n) is 15.4. The van der Waals surface area contributed by atoms with Crippen LogP contribution in [-0.2, 0) is 10.2 Å². The van der Waals surface area contributed by atoms with Crippen LogP contribution in [-0.4, -0.2) is 72.5 Å². The second kappa shape index (κ2) is 14.6. The molecule has 0 saturated carbocycles. The highest BCUT2D eigenvalue weighted by Crippen LogP contribution is 2.31. The minimum absolute atomic E-state index is 0.0571. The van der Waals surface area contributed by atoms with Gasteiger partial charge in [0.05, 0.1) is 12.7 Å². The molecule has 0 unspecified atom stereocenters. The Morgan fingerprint density at radius 2 is 1.62 bits per heavy atom. The van der Waals surface area contributed by atoms with E-state index in [9.17, 15) is 0 Å². The molecular weight excluding hydrogens is 484 g/mol. The highest BCUT2D eigenvalue weighted by molar-refractivity contribution is 5.26. The van der Waals surface area contributed by atoms with E-state index < -0.39 is 0 Å². The summed E-state index contributed by atoms with van der Waals surface area (Å²) in [6, 6.07) is 4.15. The topological polar surface area (TPSA) is 58.7 Å². The summed E-state index contributed by atoms with van der Waals surface area (Å²) in [4.78, 5) is 7.07. The van der Waals surface area contributed by atoms with E-state index in [1.807, 2.05) is 6.20 Å². The van der Waals surface area contributed by atoms with Gasteiger partial charge in [-0.15, -0.1) is 0 Å². The van der Waals surface area contributed by atoms with E-state index in [2.05, 4.69) is 109 Å². The van der Waals surface area contributed by atoms with E-state index in [1.165, 1.54) is 24.9 Å². The van der Waals surface area contributed by atoms with Crippen molar-refractivity contribution in [3.63, 3.8) is 0 Å². The van der Waals surface area contributed by atoms with Gasteiger partial charge in [0.1, 0.15) is 6.10 Å². The van der Waals surface area contributed by atoms with Gasteiger partial charge in [0.2, 0.25) is 5.88 Å². The smallest absolute Gasteiger partial charge is 0.213 e. The molecule has 1 aliphatic rings. The van der Waals surface area contributed by atoms with Gasteiger partial charge in [0.15, 0.2) is 0 Å². The molecule has 0 aliphatic carbocycles. The summed E-state index contributed by atoms with van der Waals surface area (Å²) in [6.07, 6.45) is 8.23. The second-order valence-electron chi connectivity index (χ2n) is 15.3. The van der Waals surface area contributed by atoms with Crippen molar-refractivity contribution >= 4 is 0 Å². The molecule has 1 aromatic rings. The molecule has 226 valence electrons. The Morgan fingerprint density at radius 3 is 2.23 bits per heavy atom. The van der Waals surface area contributed by atoms with Crippen LogP contribution in [0.3, 0.4) is 0 Å². The highest BCUT2D eigenvalue weighted by Gasteiger charge is 2.27. The standard InChI is InChI=1S/C33H62N4O2/c1-26(39-29-24-27(12-18-34-29)30(2,3)4)25-36-33(10,11)16-15-32(8,9)17-22-37-20-13-28(14-21-37)38-23-19-35-31(5,6)7/h12,18,24,26,28,35-36H,13-17,19-23,25H2,1-11H3/t26-/m0/s1. The van der Waals surface area contributed by atoms with Crippen LogP contribution in [0.4, 0.5) is 0 Å². The molecule has 2 N–H and O–H groups in total. The van der Waals surface area contributed by atoms with Crippen molar-refractivity contribution in [2.24, 2.45) is 5.41 Å². The first kappa shape index (κ1) is 34.0. The number of rotatable bonds is 15. The summed E-state index contributed by atoms with van der Waals surface area (Å²) in [6.45, 7) is 30.9. The van der Waals surface area contributed by atoms with Gasteiger partial charge in [-0.3, -0.25) is 0 Å². The fourth-order valence-electron chi connectivity index (χ4n) is 4.88. The number of nitrogens with one attached hydrogen (secondary N) is 2. The molecule has 0 aromatic carbocycles. The zero-order valence-corrected chi connectivity index (χ0v) is 27.4. The molecule has 1 saturated heterocycles. The van der Waals surface area contributed by atoms with Crippen LogP contribution < -0.4 is 15.4 Å². The van der Waals surface area contributed by atoms with Crippen molar-refractivity contribution in [2.75, 3.05) is 39.3 Å². The molecule has 1 atom stereocenters. The van der Waals surface area contributed by atoms with Crippen molar-refractivity contribution < 1.29 is 9.47 Å². The maximum absolute atomic E-state index is 6.15. The van der Waals surface area contributed by atoms with Gasteiger partial charge in [0, 0.05) is 49.5 Å². The molecule has 6 nitrogen and oxygen atoms in total. The molecular formula is C33H62N4O2. The first-order chi connectivity index (χ1) is 17.9. The Labute approximate surface area is 241 Å². The Kier molecular flexibility index (Phi) is 12.7. The van der Waals surface area contributed by atoms with E-state index in [0.29, 0.717) is 17.4 Å². The van der Waals surface area contributed by atoms with E-state index >= 15 is 0 Å². The van der Waals surface area contributed by atoms with Crippen LogP contribution in [0.1, 0.15) is 114 Å². The zero-order chi connectivity index (χ0) is 29.3. The third-order valence-electron chi connectivity index (χ3n) is 7.97. The minimum Gasteiger partial charge on any atom is -0.473 e. The van der Waals surface area contributed by atoms with Crippen LogP contribution in [0, 0.1) is 5.41 Å². The summed E-state index contributed by atoms with van der Waals surface area (Å²) in [5.74, 6) is 0.712. The summed E-state index contributed by atoms with van der Waals surface area (Å²) < 4.78 is 12.3. The second-order valence-corrected chi connectivity index (χ2v) is 15.3. The van der Waals surface area contributed by atoms with Gasteiger partial charge in [-0.1, -0.05) is 34.6 Å². The maximum atomic E-state index is 6.15. The van der Waals surface area contributed by atoms with Gasteiger partial charge in [-0.25, -0.2) is 4.98 Å². The van der Waals surface area contributed by atoms with Crippen molar-refractivity contribution in [1.29, 1.82) is 0 Å². The third-order valence-corrected chi connectivity index (χ3v) is 7.97. The van der Waals surface area contributed by atoms with E-state index in [4.69, 9.17) is 9.47 Å². The lowest BCUT2D eigenvalue weighted by Crippen LogP contribution is -2.45. The monoisotopic (exact) mass is 546 g/mol. The minimum atomic E-state index is 0.0571. The molecule has 39 heavy (non-hydrogen) atoms. The van der Waals surface area contributed by atoms with Crippen LogP contribution in [0.15, 0.2) is 18.3 Å². The predicted molar refractivity (Wildman–Crippen MR) is 166 cm³/mol. The fraction of sp³-hybridized carbons (Fsp3) is 0.848. The summed E-state index contributed by atoms with van der Waals surface area (Å²) in [5.41, 5.74) is 1.88. The molecule has 0 amide bonds. The summed E-state index contributed by atoms with van der Waals surface area (Å²) in [5, 5.41) is 7.26. The number of aromatic nitrogens is 1. The zero-order valence-electron chi connectivity index (χ0n) is 27.4. The first-order valence-corrected chi connectivity index (χ1v) is 15.4. The van der Waals surface area contributed by atoms with Crippen LogP contribution in [0.2, 0.25) is 0 Å². The molecule has 0 bridgehead atoms. The Bertz CT molecular complexity index is 833. The molecule has 0 radical (unpaired) electrons. The lowest BCUT2D eigenvalue weighted by Gasteiger charge is -2.36.